The molecule has 0 spiro atoms. The van der Waals surface area contributed by atoms with E-state index in [0.29, 0.717) is 12.0 Å². The van der Waals surface area contributed by atoms with Gasteiger partial charge in [0.15, 0.2) is 11.5 Å². The van der Waals surface area contributed by atoms with Gasteiger partial charge in [-0.05, 0) is 46.6 Å². The molecule has 0 unspecified atom stereocenters. The van der Waals surface area contributed by atoms with Crippen LogP contribution in [-0.4, -0.2) is 22.4 Å². The van der Waals surface area contributed by atoms with Gasteiger partial charge in [-0.2, -0.15) is 0 Å². The van der Waals surface area contributed by atoms with Crippen LogP contribution < -0.4 is 10.2 Å². The molecule has 3 rings (SSSR count). The third-order valence-electron chi connectivity index (χ3n) is 4.99. The third kappa shape index (κ3) is 3.73. The molecule has 0 radical (unpaired) electrons. The Morgan fingerprint density at radius 1 is 0.967 bits per heavy atom. The lowest BCUT2D eigenvalue weighted by molar-refractivity contribution is 0.374. The molecule has 0 saturated carbocycles. The molecule has 0 atom stereocenters. The van der Waals surface area contributed by atoms with Gasteiger partial charge in [0.1, 0.15) is 28.1 Å². The van der Waals surface area contributed by atoms with Gasteiger partial charge in [-0.3, -0.25) is 4.79 Å². The van der Waals surface area contributed by atoms with E-state index in [9.17, 15) is 20.1 Å². The summed E-state index contributed by atoms with van der Waals surface area (Å²) in [7, 11) is 1.38. The second-order valence-electron chi connectivity index (χ2n) is 7.78. The van der Waals surface area contributed by atoms with E-state index in [4.69, 9.17) is 9.15 Å². The van der Waals surface area contributed by atoms with Gasteiger partial charge in [-0.1, -0.05) is 23.3 Å². The Labute approximate surface area is 174 Å². The van der Waals surface area contributed by atoms with Gasteiger partial charge in [-0.25, -0.2) is 0 Å². The van der Waals surface area contributed by atoms with Gasteiger partial charge < -0.3 is 24.5 Å². The lowest BCUT2D eigenvalue weighted by atomic mass is 9.96. The molecule has 1 heterocycles. The first-order chi connectivity index (χ1) is 14.1. The Morgan fingerprint density at radius 2 is 1.57 bits per heavy atom. The van der Waals surface area contributed by atoms with E-state index in [-0.39, 0.29) is 56.9 Å². The number of fused-ring (bicyclic) bond motifs is 2. The zero-order valence-electron chi connectivity index (χ0n) is 17.8. The van der Waals surface area contributed by atoms with Gasteiger partial charge in [0.2, 0.25) is 5.43 Å². The lowest BCUT2D eigenvalue weighted by Gasteiger charge is -2.15. The van der Waals surface area contributed by atoms with Gasteiger partial charge >= 0.3 is 0 Å². The molecule has 0 fully saturated rings. The third-order valence-corrected chi connectivity index (χ3v) is 4.99. The zero-order chi connectivity index (χ0) is 22.2. The summed E-state index contributed by atoms with van der Waals surface area (Å²) in [5.41, 5.74) is 2.52. The standard InChI is InChI=1S/C24H26O6/c1-12(2)6-8-14-21(26)15(9-7-13(3)4)24-20(22(14)27)23(28)16-10-19(29-5)17(25)11-18(16)30-24/h6-7,10-11,25-27H,8-9H2,1-5H3. The van der Waals surface area contributed by atoms with Crippen molar-refractivity contribution in [2.24, 2.45) is 0 Å². The number of methoxy groups -OCH3 is 1. The van der Waals surface area contributed by atoms with E-state index in [1.165, 1.54) is 19.2 Å². The summed E-state index contributed by atoms with van der Waals surface area (Å²) in [6.45, 7) is 7.69. The highest BCUT2D eigenvalue weighted by Crippen LogP contribution is 2.41. The molecule has 3 aromatic rings. The fraction of sp³-hybridized carbons (Fsp3) is 0.292. The number of phenols is 3. The first-order valence-corrected chi connectivity index (χ1v) is 9.65. The second kappa shape index (κ2) is 8.14. The van der Waals surface area contributed by atoms with Crippen molar-refractivity contribution in [1.82, 2.24) is 0 Å². The molecule has 1 aromatic heterocycles. The van der Waals surface area contributed by atoms with Crippen molar-refractivity contribution in [3.63, 3.8) is 0 Å². The predicted molar refractivity (Wildman–Crippen MR) is 118 cm³/mol. The van der Waals surface area contributed by atoms with Crippen molar-refractivity contribution in [3.8, 4) is 23.0 Å². The molecule has 6 heteroatoms. The normalized spacial score (nSPS) is 11.0. The maximum atomic E-state index is 13.3. The van der Waals surface area contributed by atoms with Crippen molar-refractivity contribution < 1.29 is 24.5 Å². The van der Waals surface area contributed by atoms with Gasteiger partial charge in [0.05, 0.1) is 12.5 Å². The molecule has 30 heavy (non-hydrogen) atoms. The number of phenolic OH excluding ortho intramolecular Hbond substituents is 3. The fourth-order valence-corrected chi connectivity index (χ4v) is 3.35. The molecular formula is C24H26O6. The van der Waals surface area contributed by atoms with Crippen molar-refractivity contribution in [2.45, 2.75) is 40.5 Å². The first kappa shape index (κ1) is 21.3. The Morgan fingerprint density at radius 3 is 2.13 bits per heavy atom. The van der Waals surface area contributed by atoms with Crippen LogP contribution in [0.1, 0.15) is 38.8 Å². The maximum Gasteiger partial charge on any atom is 0.204 e. The number of aromatic hydroxyl groups is 3. The van der Waals surface area contributed by atoms with Gasteiger partial charge in [0.25, 0.3) is 0 Å². The van der Waals surface area contributed by atoms with Crippen LogP contribution in [0.25, 0.3) is 21.9 Å². The Kier molecular flexibility index (Phi) is 5.78. The van der Waals surface area contributed by atoms with Crippen LogP contribution >= 0.6 is 0 Å². The smallest absolute Gasteiger partial charge is 0.204 e. The van der Waals surface area contributed by atoms with Crippen LogP contribution in [0.3, 0.4) is 0 Å². The number of allylic oxidation sites excluding steroid dienone is 4. The summed E-state index contributed by atoms with van der Waals surface area (Å²) in [6.07, 6.45) is 4.37. The molecular weight excluding hydrogens is 384 g/mol. The van der Waals surface area contributed by atoms with E-state index < -0.39 is 5.43 Å². The maximum absolute atomic E-state index is 13.3. The molecule has 0 aliphatic carbocycles. The average Bonchev–Trinajstić information content (AvgIpc) is 2.66. The lowest BCUT2D eigenvalue weighted by Crippen LogP contribution is -2.06. The summed E-state index contributed by atoms with van der Waals surface area (Å²) in [5, 5.41) is 32.1. The highest BCUT2D eigenvalue weighted by molar-refractivity contribution is 5.97. The van der Waals surface area contributed by atoms with Gasteiger partial charge in [-0.15, -0.1) is 0 Å². The van der Waals surface area contributed by atoms with Crippen molar-refractivity contribution >= 4 is 21.9 Å². The topological polar surface area (TPSA) is 100 Å². The van der Waals surface area contributed by atoms with Crippen LogP contribution in [0.15, 0.2) is 44.6 Å². The number of benzene rings is 2. The Hall–Kier alpha value is -3.41. The highest BCUT2D eigenvalue weighted by atomic mass is 16.5. The molecule has 0 aliphatic rings. The minimum Gasteiger partial charge on any atom is -0.507 e. The molecule has 6 nitrogen and oxygen atoms in total. The minimum atomic E-state index is -0.459. The summed E-state index contributed by atoms with van der Waals surface area (Å²) in [6, 6.07) is 2.68. The van der Waals surface area contributed by atoms with Gasteiger partial charge in [0, 0.05) is 17.2 Å². The summed E-state index contributed by atoms with van der Waals surface area (Å²) >= 11 is 0. The number of ether oxygens (including phenoxy) is 1. The number of hydrogen-bond acceptors (Lipinski definition) is 6. The van der Waals surface area contributed by atoms with E-state index in [1.54, 1.807) is 0 Å². The predicted octanol–water partition coefficient (Wildman–Crippen LogP) is 5.09. The van der Waals surface area contributed by atoms with Crippen LogP contribution in [0.5, 0.6) is 23.0 Å². The summed E-state index contributed by atoms with van der Waals surface area (Å²) in [5.74, 6) is -0.451. The molecule has 158 valence electrons. The van der Waals surface area contributed by atoms with E-state index in [1.807, 2.05) is 39.8 Å². The van der Waals surface area contributed by atoms with Crippen LogP contribution in [0.2, 0.25) is 0 Å². The number of rotatable bonds is 5. The molecule has 2 aromatic carbocycles. The summed E-state index contributed by atoms with van der Waals surface area (Å²) in [4.78, 5) is 13.3. The van der Waals surface area contributed by atoms with Crippen LogP contribution in [0, 0.1) is 0 Å². The molecule has 3 N–H and O–H groups in total. The molecule has 0 amide bonds. The Bertz CT molecular complexity index is 1250. The van der Waals surface area contributed by atoms with Crippen molar-refractivity contribution in [2.75, 3.05) is 7.11 Å². The van der Waals surface area contributed by atoms with Crippen LogP contribution in [-0.2, 0) is 12.8 Å². The van der Waals surface area contributed by atoms with Crippen molar-refractivity contribution in [3.05, 3.63) is 56.8 Å². The van der Waals surface area contributed by atoms with E-state index in [2.05, 4.69) is 0 Å². The van der Waals surface area contributed by atoms with Crippen LogP contribution in [0.4, 0.5) is 0 Å². The average molecular weight is 410 g/mol. The van der Waals surface area contributed by atoms with Crippen molar-refractivity contribution in [1.29, 1.82) is 0 Å². The molecule has 0 saturated heterocycles. The molecule has 0 aliphatic heterocycles. The highest BCUT2D eigenvalue weighted by Gasteiger charge is 2.24. The van der Waals surface area contributed by atoms with E-state index in [0.717, 1.165) is 11.1 Å². The fourth-order valence-electron chi connectivity index (χ4n) is 3.35. The zero-order valence-corrected chi connectivity index (χ0v) is 17.8. The first-order valence-electron chi connectivity index (χ1n) is 9.65. The largest absolute Gasteiger partial charge is 0.507 e. The molecule has 0 bridgehead atoms. The van der Waals surface area contributed by atoms with E-state index >= 15 is 0 Å². The number of hydrogen-bond donors (Lipinski definition) is 3. The summed E-state index contributed by atoms with van der Waals surface area (Å²) < 4.78 is 11.0. The minimum absolute atomic E-state index is 0.00218. The second-order valence-corrected chi connectivity index (χ2v) is 7.78. The monoisotopic (exact) mass is 410 g/mol. The SMILES string of the molecule is COc1cc2c(=O)c3c(O)c(CC=C(C)C)c(O)c(CC=C(C)C)c3oc2cc1O. The Balaban J connectivity index is 2.49. The quantitative estimate of drug-likeness (QED) is 0.400.